The average Bonchev–Trinajstić information content (AvgIpc) is 2.85. The summed E-state index contributed by atoms with van der Waals surface area (Å²) in [6.45, 7) is 7.80. The molecule has 0 aromatic heterocycles. The molecular weight excluding hydrogens is 492 g/mol. The molecule has 3 rings (SSSR count). The first-order chi connectivity index (χ1) is 17.5. The molecule has 9 heteroatoms. The highest BCUT2D eigenvalue weighted by atomic mass is 32.2. The summed E-state index contributed by atoms with van der Waals surface area (Å²) < 4.78 is 44.9. The Bertz CT molecular complexity index is 1350. The van der Waals surface area contributed by atoms with Crippen LogP contribution in [0.4, 0.5) is 5.69 Å². The lowest BCUT2D eigenvalue weighted by atomic mass is 10.1. The molecule has 1 N–H and O–H groups in total. The molecular formula is C28H34N2O6S. The minimum atomic E-state index is -4.12. The van der Waals surface area contributed by atoms with Crippen LogP contribution in [0.5, 0.6) is 17.2 Å². The van der Waals surface area contributed by atoms with E-state index in [0.717, 1.165) is 32.3 Å². The number of amides is 1. The fourth-order valence-corrected chi connectivity index (χ4v) is 5.43. The molecule has 0 unspecified atom stereocenters. The van der Waals surface area contributed by atoms with Crippen LogP contribution < -0.4 is 23.8 Å². The third-order valence-corrected chi connectivity index (χ3v) is 7.51. The number of rotatable bonds is 11. The van der Waals surface area contributed by atoms with Crippen LogP contribution in [0.3, 0.4) is 0 Å². The van der Waals surface area contributed by atoms with Crippen LogP contribution in [0.2, 0.25) is 0 Å². The predicted molar refractivity (Wildman–Crippen MR) is 144 cm³/mol. The molecule has 8 nitrogen and oxygen atoms in total. The molecule has 0 heterocycles. The summed E-state index contributed by atoms with van der Waals surface area (Å²) >= 11 is 0. The van der Waals surface area contributed by atoms with Crippen molar-refractivity contribution in [1.29, 1.82) is 0 Å². The molecule has 0 fully saturated rings. The summed E-state index contributed by atoms with van der Waals surface area (Å²) in [6, 6.07) is 15.6. The molecule has 198 valence electrons. The number of anilines is 1. The maximum absolute atomic E-state index is 13.8. The van der Waals surface area contributed by atoms with Crippen LogP contribution >= 0.6 is 0 Å². The van der Waals surface area contributed by atoms with Crippen molar-refractivity contribution in [1.82, 2.24) is 5.32 Å². The van der Waals surface area contributed by atoms with Crippen LogP contribution in [-0.2, 0) is 14.8 Å². The summed E-state index contributed by atoms with van der Waals surface area (Å²) in [7, 11) is -1.21. The zero-order valence-corrected chi connectivity index (χ0v) is 22.9. The number of methoxy groups -OCH3 is 2. The molecule has 3 aromatic rings. The standard InChI is InChI=1S/C28H34N2O6S/c1-19-7-9-25(22(4)14-19)36-12-11-29-28(31)18-30(23-15-20(2)13-21(3)16-23)37(32,33)24-8-10-26(34-5)27(17-24)35-6/h7-10,13-17H,11-12,18H2,1-6H3,(H,29,31). The molecule has 0 saturated heterocycles. The van der Waals surface area contributed by atoms with Gasteiger partial charge in [-0.15, -0.1) is 0 Å². The Kier molecular flexibility index (Phi) is 9.04. The summed E-state index contributed by atoms with van der Waals surface area (Å²) in [6.07, 6.45) is 0. The first-order valence-electron chi connectivity index (χ1n) is 11.8. The fourth-order valence-electron chi connectivity index (χ4n) is 4.01. The summed E-state index contributed by atoms with van der Waals surface area (Å²) in [5, 5.41) is 2.76. The van der Waals surface area contributed by atoms with Crippen molar-refractivity contribution in [3.63, 3.8) is 0 Å². The summed E-state index contributed by atoms with van der Waals surface area (Å²) in [4.78, 5) is 12.9. The molecule has 0 bridgehead atoms. The molecule has 37 heavy (non-hydrogen) atoms. The maximum Gasteiger partial charge on any atom is 0.264 e. The van der Waals surface area contributed by atoms with Gasteiger partial charge in [-0.1, -0.05) is 23.8 Å². The average molecular weight is 527 g/mol. The van der Waals surface area contributed by atoms with Crippen molar-refractivity contribution in [2.45, 2.75) is 32.6 Å². The number of nitrogens with zero attached hydrogens (tertiary/aromatic N) is 1. The Balaban J connectivity index is 1.81. The van der Waals surface area contributed by atoms with Gasteiger partial charge >= 0.3 is 0 Å². The van der Waals surface area contributed by atoms with Crippen molar-refractivity contribution in [2.24, 2.45) is 0 Å². The fraction of sp³-hybridized carbons (Fsp3) is 0.321. The van der Waals surface area contributed by atoms with E-state index in [0.29, 0.717) is 11.4 Å². The number of sulfonamides is 1. The van der Waals surface area contributed by atoms with Gasteiger partial charge in [-0.05, 0) is 74.7 Å². The van der Waals surface area contributed by atoms with Crippen LogP contribution in [0.25, 0.3) is 0 Å². The highest BCUT2D eigenvalue weighted by molar-refractivity contribution is 7.92. The highest BCUT2D eigenvalue weighted by Crippen LogP contribution is 2.32. The lowest BCUT2D eigenvalue weighted by Gasteiger charge is -2.25. The Labute approximate surface area is 219 Å². The van der Waals surface area contributed by atoms with Crippen molar-refractivity contribution in [3.8, 4) is 17.2 Å². The zero-order chi connectivity index (χ0) is 27.2. The van der Waals surface area contributed by atoms with Gasteiger partial charge in [0.2, 0.25) is 5.91 Å². The molecule has 0 atom stereocenters. The van der Waals surface area contributed by atoms with Crippen LogP contribution in [0.15, 0.2) is 59.5 Å². The Morgan fingerprint density at radius 1 is 0.811 bits per heavy atom. The van der Waals surface area contributed by atoms with E-state index in [4.69, 9.17) is 14.2 Å². The molecule has 0 aliphatic carbocycles. The van der Waals surface area contributed by atoms with Crippen molar-refractivity contribution < 1.29 is 27.4 Å². The number of nitrogens with one attached hydrogen (secondary N) is 1. The highest BCUT2D eigenvalue weighted by Gasteiger charge is 2.28. The first kappa shape index (κ1) is 27.9. The van der Waals surface area contributed by atoms with Gasteiger partial charge in [0, 0.05) is 6.07 Å². The van der Waals surface area contributed by atoms with E-state index in [-0.39, 0.29) is 23.8 Å². The molecule has 0 radical (unpaired) electrons. The second kappa shape index (κ2) is 12.0. The van der Waals surface area contributed by atoms with Gasteiger partial charge in [-0.25, -0.2) is 8.42 Å². The quantitative estimate of drug-likeness (QED) is 0.374. The van der Waals surface area contributed by atoms with Gasteiger partial charge in [0.05, 0.1) is 31.3 Å². The van der Waals surface area contributed by atoms with E-state index in [1.165, 1.54) is 32.4 Å². The van der Waals surface area contributed by atoms with E-state index in [9.17, 15) is 13.2 Å². The largest absolute Gasteiger partial charge is 0.493 e. The Morgan fingerprint density at radius 3 is 2.08 bits per heavy atom. The summed E-state index contributed by atoms with van der Waals surface area (Å²) in [5.41, 5.74) is 4.30. The minimum absolute atomic E-state index is 0.0183. The van der Waals surface area contributed by atoms with E-state index in [2.05, 4.69) is 5.32 Å². The summed E-state index contributed by atoms with van der Waals surface area (Å²) in [5.74, 6) is 0.970. The molecule has 0 spiro atoms. The van der Waals surface area contributed by atoms with Crippen LogP contribution in [0, 0.1) is 27.7 Å². The monoisotopic (exact) mass is 526 g/mol. The van der Waals surface area contributed by atoms with Crippen molar-refractivity contribution in [3.05, 3.63) is 76.9 Å². The number of benzene rings is 3. The second-order valence-corrected chi connectivity index (χ2v) is 10.7. The normalized spacial score (nSPS) is 11.1. The third-order valence-electron chi connectivity index (χ3n) is 5.74. The maximum atomic E-state index is 13.8. The lowest BCUT2D eigenvalue weighted by molar-refractivity contribution is -0.119. The number of carbonyl (C=O) groups is 1. The van der Waals surface area contributed by atoms with Crippen LogP contribution in [0.1, 0.15) is 22.3 Å². The third kappa shape index (κ3) is 6.95. The van der Waals surface area contributed by atoms with Gasteiger partial charge < -0.3 is 19.5 Å². The SMILES string of the molecule is COc1ccc(S(=O)(=O)N(CC(=O)NCCOc2ccc(C)cc2C)c2cc(C)cc(C)c2)cc1OC. The van der Waals surface area contributed by atoms with Crippen molar-refractivity contribution in [2.75, 3.05) is 38.2 Å². The molecule has 1 amide bonds. The Hall–Kier alpha value is -3.72. The minimum Gasteiger partial charge on any atom is -0.493 e. The lowest BCUT2D eigenvalue weighted by Crippen LogP contribution is -2.42. The second-order valence-electron chi connectivity index (χ2n) is 8.84. The Morgan fingerprint density at radius 2 is 1.46 bits per heavy atom. The van der Waals surface area contributed by atoms with Crippen molar-refractivity contribution >= 4 is 21.6 Å². The number of carbonyl (C=O) groups excluding carboxylic acids is 1. The van der Waals surface area contributed by atoms with E-state index >= 15 is 0 Å². The molecule has 0 saturated carbocycles. The molecule has 3 aromatic carbocycles. The molecule has 0 aliphatic rings. The van der Waals surface area contributed by atoms with Gasteiger partial charge in [0.25, 0.3) is 10.0 Å². The number of hydrogen-bond acceptors (Lipinski definition) is 6. The first-order valence-corrected chi connectivity index (χ1v) is 13.3. The molecule has 0 aliphatic heterocycles. The van der Waals surface area contributed by atoms with Gasteiger partial charge in [0.15, 0.2) is 11.5 Å². The smallest absolute Gasteiger partial charge is 0.264 e. The number of hydrogen-bond donors (Lipinski definition) is 1. The van der Waals surface area contributed by atoms with Gasteiger partial charge in [-0.2, -0.15) is 0 Å². The number of ether oxygens (including phenoxy) is 3. The van der Waals surface area contributed by atoms with E-state index < -0.39 is 22.5 Å². The van der Waals surface area contributed by atoms with Gasteiger partial charge in [-0.3, -0.25) is 9.10 Å². The predicted octanol–water partition coefficient (Wildman–Crippen LogP) is 4.33. The van der Waals surface area contributed by atoms with Gasteiger partial charge in [0.1, 0.15) is 18.9 Å². The van der Waals surface area contributed by atoms with Crippen LogP contribution in [-0.4, -0.2) is 48.2 Å². The topological polar surface area (TPSA) is 94.2 Å². The number of aryl methyl sites for hydroxylation is 4. The van der Waals surface area contributed by atoms with E-state index in [1.54, 1.807) is 12.1 Å². The zero-order valence-electron chi connectivity index (χ0n) is 22.1. The van der Waals surface area contributed by atoms with E-state index in [1.807, 2.05) is 52.0 Å².